The maximum Gasteiger partial charge on any atom is 0.321 e. The summed E-state index contributed by atoms with van der Waals surface area (Å²) >= 11 is 3.79. The van der Waals surface area contributed by atoms with E-state index in [-0.39, 0.29) is 12.2 Å². The van der Waals surface area contributed by atoms with Gasteiger partial charge in [-0.05, 0) is 6.42 Å². The standard InChI is InChI=1S/C8H15N3O5S/c9-3(7(13)14)1-4(6(10)12)11-5(2-17)8(15)16/h3-5,11,17H,1-2,9H2,(H2,10,12)(H,13,14)(H,15,16)/t3-,4?,5-/m0/s1. The van der Waals surface area contributed by atoms with E-state index in [0.29, 0.717) is 0 Å². The van der Waals surface area contributed by atoms with E-state index in [0.717, 1.165) is 0 Å². The Bertz CT molecular complexity index is 312. The number of nitrogens with one attached hydrogen (secondary N) is 1. The van der Waals surface area contributed by atoms with Crippen LogP contribution < -0.4 is 16.8 Å². The highest BCUT2D eigenvalue weighted by molar-refractivity contribution is 7.80. The Morgan fingerprint density at radius 3 is 2.00 bits per heavy atom. The van der Waals surface area contributed by atoms with Gasteiger partial charge in [0.25, 0.3) is 0 Å². The van der Waals surface area contributed by atoms with E-state index in [9.17, 15) is 14.4 Å². The van der Waals surface area contributed by atoms with Crippen LogP contribution in [0.3, 0.4) is 0 Å². The van der Waals surface area contributed by atoms with Gasteiger partial charge in [-0.3, -0.25) is 19.7 Å². The van der Waals surface area contributed by atoms with Gasteiger partial charge >= 0.3 is 11.9 Å². The van der Waals surface area contributed by atoms with Gasteiger partial charge in [0.2, 0.25) is 5.91 Å². The largest absolute Gasteiger partial charge is 0.480 e. The van der Waals surface area contributed by atoms with Gasteiger partial charge in [-0.2, -0.15) is 12.6 Å². The van der Waals surface area contributed by atoms with Crippen molar-refractivity contribution in [2.45, 2.75) is 24.5 Å². The van der Waals surface area contributed by atoms with Crippen molar-refractivity contribution >= 4 is 30.5 Å². The lowest BCUT2D eigenvalue weighted by atomic mass is 10.1. The molecule has 0 radical (unpaired) electrons. The zero-order chi connectivity index (χ0) is 13.6. The molecule has 1 amide bonds. The minimum Gasteiger partial charge on any atom is -0.480 e. The molecule has 0 heterocycles. The molecular formula is C8H15N3O5S. The lowest BCUT2D eigenvalue weighted by molar-refractivity contribution is -0.139. The fourth-order valence-electron chi connectivity index (χ4n) is 1.07. The average Bonchev–Trinajstić information content (AvgIpc) is 2.22. The molecule has 3 atom stereocenters. The Morgan fingerprint density at radius 2 is 1.71 bits per heavy atom. The molecule has 7 N–H and O–H groups in total. The van der Waals surface area contributed by atoms with E-state index in [4.69, 9.17) is 21.7 Å². The van der Waals surface area contributed by atoms with Crippen molar-refractivity contribution in [3.8, 4) is 0 Å². The molecule has 17 heavy (non-hydrogen) atoms. The molecule has 8 nitrogen and oxygen atoms in total. The highest BCUT2D eigenvalue weighted by Crippen LogP contribution is 2.00. The highest BCUT2D eigenvalue weighted by atomic mass is 32.1. The quantitative estimate of drug-likeness (QED) is 0.267. The summed E-state index contributed by atoms with van der Waals surface area (Å²) in [5.41, 5.74) is 10.3. The number of carbonyl (C=O) groups excluding carboxylic acids is 1. The lowest BCUT2D eigenvalue weighted by Gasteiger charge is -2.21. The fourth-order valence-corrected chi connectivity index (χ4v) is 1.33. The first-order chi connectivity index (χ1) is 7.79. The van der Waals surface area contributed by atoms with Crippen LogP contribution in [0.1, 0.15) is 6.42 Å². The van der Waals surface area contributed by atoms with Crippen LogP contribution in [0.25, 0.3) is 0 Å². The predicted molar refractivity (Wildman–Crippen MR) is 61.6 cm³/mol. The van der Waals surface area contributed by atoms with Gasteiger partial charge in [0, 0.05) is 5.75 Å². The molecule has 0 aliphatic carbocycles. The second-order valence-corrected chi connectivity index (χ2v) is 3.74. The molecule has 0 aromatic rings. The van der Waals surface area contributed by atoms with Crippen LogP contribution in [0.15, 0.2) is 0 Å². The van der Waals surface area contributed by atoms with E-state index < -0.39 is 36.0 Å². The monoisotopic (exact) mass is 265 g/mol. The van der Waals surface area contributed by atoms with Gasteiger partial charge in [0.05, 0.1) is 6.04 Å². The first-order valence-corrected chi connectivity index (χ1v) is 5.30. The molecule has 98 valence electrons. The van der Waals surface area contributed by atoms with Crippen LogP contribution in [-0.4, -0.2) is 51.9 Å². The molecule has 1 unspecified atom stereocenters. The van der Waals surface area contributed by atoms with Gasteiger partial charge in [0.1, 0.15) is 12.1 Å². The zero-order valence-corrected chi connectivity index (χ0v) is 9.76. The Hall–Kier alpha value is -1.32. The molecule has 0 rings (SSSR count). The van der Waals surface area contributed by atoms with Crippen molar-refractivity contribution in [2.75, 3.05) is 5.75 Å². The number of carbonyl (C=O) groups is 3. The number of carboxylic acid groups (broad SMARTS) is 2. The number of thiol groups is 1. The first kappa shape index (κ1) is 15.7. The van der Waals surface area contributed by atoms with Crippen molar-refractivity contribution in [1.82, 2.24) is 5.32 Å². The van der Waals surface area contributed by atoms with E-state index in [1.54, 1.807) is 0 Å². The number of rotatable bonds is 8. The van der Waals surface area contributed by atoms with E-state index in [2.05, 4.69) is 17.9 Å². The number of carboxylic acids is 2. The second-order valence-electron chi connectivity index (χ2n) is 3.38. The molecule has 0 fully saturated rings. The third-order valence-electron chi connectivity index (χ3n) is 2.03. The van der Waals surface area contributed by atoms with Crippen LogP contribution in [0, 0.1) is 0 Å². The minimum absolute atomic E-state index is 0.0680. The van der Waals surface area contributed by atoms with Crippen LogP contribution in [0.5, 0.6) is 0 Å². The third-order valence-corrected chi connectivity index (χ3v) is 2.40. The molecule has 0 saturated heterocycles. The Kier molecular flexibility index (Phi) is 6.54. The molecule has 0 aliphatic heterocycles. The summed E-state index contributed by atoms with van der Waals surface area (Å²) in [5, 5.41) is 19.7. The third kappa shape index (κ3) is 5.52. The normalized spacial score (nSPS) is 15.9. The number of hydrogen-bond acceptors (Lipinski definition) is 6. The van der Waals surface area contributed by atoms with E-state index in [1.165, 1.54) is 0 Å². The number of nitrogens with two attached hydrogens (primary N) is 2. The summed E-state index contributed by atoms with van der Waals surface area (Å²) < 4.78 is 0. The van der Waals surface area contributed by atoms with Gasteiger partial charge in [-0.25, -0.2) is 0 Å². The van der Waals surface area contributed by atoms with Crippen molar-refractivity contribution in [3.63, 3.8) is 0 Å². The van der Waals surface area contributed by atoms with Gasteiger partial charge in [0.15, 0.2) is 0 Å². The van der Waals surface area contributed by atoms with Crippen LogP contribution >= 0.6 is 12.6 Å². The smallest absolute Gasteiger partial charge is 0.321 e. The predicted octanol–water partition coefficient (Wildman–Crippen LogP) is -2.39. The first-order valence-electron chi connectivity index (χ1n) is 4.67. The fraction of sp³-hybridized carbons (Fsp3) is 0.625. The topological polar surface area (TPSA) is 156 Å². The molecule has 9 heteroatoms. The van der Waals surface area contributed by atoms with Crippen LogP contribution in [-0.2, 0) is 14.4 Å². The summed E-state index contributed by atoms with van der Waals surface area (Å²) in [6, 6.07) is -3.53. The SMILES string of the molecule is NC(=O)C(C[C@H](N)C(=O)O)N[C@@H](CS)C(=O)O. The number of hydrogen-bond donors (Lipinski definition) is 6. The maximum absolute atomic E-state index is 11.0. The van der Waals surface area contributed by atoms with Crippen LogP contribution in [0.2, 0.25) is 0 Å². The summed E-state index contributed by atoms with van der Waals surface area (Å²) in [6.07, 6.45) is -0.289. The van der Waals surface area contributed by atoms with Gasteiger partial charge < -0.3 is 21.7 Å². The maximum atomic E-state index is 11.0. The molecule has 0 aliphatic rings. The van der Waals surface area contributed by atoms with Crippen molar-refractivity contribution in [3.05, 3.63) is 0 Å². The Labute approximate surface area is 103 Å². The number of aliphatic carboxylic acids is 2. The van der Waals surface area contributed by atoms with Gasteiger partial charge in [-0.15, -0.1) is 0 Å². The van der Waals surface area contributed by atoms with Gasteiger partial charge in [-0.1, -0.05) is 0 Å². The highest BCUT2D eigenvalue weighted by Gasteiger charge is 2.27. The molecule has 0 aromatic heterocycles. The summed E-state index contributed by atoms with van der Waals surface area (Å²) in [6.45, 7) is 0. The summed E-state index contributed by atoms with van der Waals surface area (Å²) in [7, 11) is 0. The Balaban J connectivity index is 4.59. The Morgan fingerprint density at radius 1 is 1.18 bits per heavy atom. The van der Waals surface area contributed by atoms with Crippen molar-refractivity contribution < 1.29 is 24.6 Å². The molecule has 0 aromatic carbocycles. The summed E-state index contributed by atoms with van der Waals surface area (Å²) in [5.74, 6) is -3.44. The average molecular weight is 265 g/mol. The molecule has 0 bridgehead atoms. The molecular weight excluding hydrogens is 250 g/mol. The molecule has 0 saturated carbocycles. The van der Waals surface area contributed by atoms with Crippen molar-refractivity contribution in [2.24, 2.45) is 11.5 Å². The summed E-state index contributed by atoms with van der Waals surface area (Å²) in [4.78, 5) is 32.2. The second kappa shape index (κ2) is 7.09. The zero-order valence-electron chi connectivity index (χ0n) is 8.87. The van der Waals surface area contributed by atoms with E-state index in [1.807, 2.05) is 0 Å². The molecule has 0 spiro atoms. The minimum atomic E-state index is -1.30. The van der Waals surface area contributed by atoms with E-state index >= 15 is 0 Å². The van der Waals surface area contributed by atoms with Crippen molar-refractivity contribution in [1.29, 1.82) is 0 Å². The van der Waals surface area contributed by atoms with Crippen LogP contribution in [0.4, 0.5) is 0 Å². The number of primary amides is 1. The number of amides is 1. The lowest BCUT2D eigenvalue weighted by Crippen LogP contribution is -2.53.